The molecule has 2 amide bonds. The Morgan fingerprint density at radius 2 is 2.26 bits per heavy atom. The summed E-state index contributed by atoms with van der Waals surface area (Å²) in [5, 5.41) is 24.1. The number of hydrogen-bond donors (Lipinski definition) is 3. The van der Waals surface area contributed by atoms with Crippen LogP contribution in [0.2, 0.25) is 0 Å². The van der Waals surface area contributed by atoms with E-state index < -0.39 is 12.1 Å². The SMILES string of the molecule is O=C(O)C(O)CNC(=O)N(Cc1ccsc1)C1CC1. The van der Waals surface area contributed by atoms with Crippen molar-refractivity contribution in [1.82, 2.24) is 10.2 Å². The van der Waals surface area contributed by atoms with Gasteiger partial charge in [-0.3, -0.25) is 0 Å². The molecule has 0 spiro atoms. The number of carbonyl (C=O) groups is 2. The van der Waals surface area contributed by atoms with Gasteiger partial charge in [-0.1, -0.05) is 0 Å². The second kappa shape index (κ2) is 6.03. The van der Waals surface area contributed by atoms with E-state index in [4.69, 9.17) is 10.2 Å². The van der Waals surface area contributed by atoms with Crippen molar-refractivity contribution in [1.29, 1.82) is 0 Å². The van der Waals surface area contributed by atoms with Crippen molar-refractivity contribution >= 4 is 23.3 Å². The molecule has 3 N–H and O–H groups in total. The van der Waals surface area contributed by atoms with Crippen LogP contribution >= 0.6 is 11.3 Å². The van der Waals surface area contributed by atoms with Gasteiger partial charge in [0.1, 0.15) is 0 Å². The third-order valence-corrected chi connectivity index (χ3v) is 3.65. The van der Waals surface area contributed by atoms with E-state index in [9.17, 15) is 9.59 Å². The third kappa shape index (κ3) is 3.93. The Bertz CT molecular complexity index is 445. The summed E-state index contributed by atoms with van der Waals surface area (Å²) in [6, 6.07) is 1.86. The van der Waals surface area contributed by atoms with Gasteiger partial charge < -0.3 is 20.4 Å². The molecular formula is C12H16N2O4S. The van der Waals surface area contributed by atoms with E-state index in [2.05, 4.69) is 5.32 Å². The maximum Gasteiger partial charge on any atom is 0.334 e. The molecule has 1 atom stereocenters. The highest BCUT2D eigenvalue weighted by molar-refractivity contribution is 7.07. The van der Waals surface area contributed by atoms with Crippen LogP contribution < -0.4 is 5.32 Å². The molecule has 1 aromatic rings. The second-order valence-corrected chi connectivity index (χ2v) is 5.31. The Balaban J connectivity index is 1.88. The van der Waals surface area contributed by atoms with Crippen molar-refractivity contribution in [2.24, 2.45) is 0 Å². The first-order valence-electron chi connectivity index (χ1n) is 6.04. The summed E-state index contributed by atoms with van der Waals surface area (Å²) in [4.78, 5) is 24.2. The molecule has 104 valence electrons. The van der Waals surface area contributed by atoms with E-state index in [1.165, 1.54) is 0 Å². The molecule has 0 saturated heterocycles. The Morgan fingerprint density at radius 3 is 2.79 bits per heavy atom. The highest BCUT2D eigenvalue weighted by Gasteiger charge is 2.32. The second-order valence-electron chi connectivity index (χ2n) is 4.53. The molecule has 19 heavy (non-hydrogen) atoms. The van der Waals surface area contributed by atoms with Crippen molar-refractivity contribution in [3.8, 4) is 0 Å². The van der Waals surface area contributed by atoms with Crippen molar-refractivity contribution in [2.45, 2.75) is 31.5 Å². The number of rotatable bonds is 6. The number of carboxylic acid groups (broad SMARTS) is 1. The lowest BCUT2D eigenvalue weighted by molar-refractivity contribution is -0.146. The minimum absolute atomic E-state index is 0.224. The van der Waals surface area contributed by atoms with E-state index in [-0.39, 0.29) is 18.6 Å². The topological polar surface area (TPSA) is 89.9 Å². The number of aliphatic hydroxyl groups excluding tert-OH is 1. The molecule has 1 fully saturated rings. The van der Waals surface area contributed by atoms with Gasteiger partial charge in [0.2, 0.25) is 0 Å². The first-order valence-corrected chi connectivity index (χ1v) is 6.98. The standard InChI is InChI=1S/C12H16N2O4S/c15-10(11(16)17)5-13-12(18)14(9-1-2-9)6-8-3-4-19-7-8/h3-4,7,9-10,15H,1-2,5-6H2,(H,13,18)(H,16,17). The number of urea groups is 1. The van der Waals surface area contributed by atoms with Crippen LogP contribution in [0.15, 0.2) is 16.8 Å². The van der Waals surface area contributed by atoms with Gasteiger partial charge in [0.05, 0.1) is 6.54 Å². The zero-order valence-electron chi connectivity index (χ0n) is 10.3. The van der Waals surface area contributed by atoms with Gasteiger partial charge in [0, 0.05) is 12.6 Å². The van der Waals surface area contributed by atoms with Crippen molar-refractivity contribution in [3.63, 3.8) is 0 Å². The summed E-state index contributed by atoms with van der Waals surface area (Å²) < 4.78 is 0. The molecule has 7 heteroatoms. The summed E-state index contributed by atoms with van der Waals surface area (Å²) >= 11 is 1.57. The average molecular weight is 284 g/mol. The van der Waals surface area contributed by atoms with Gasteiger partial charge in [0.25, 0.3) is 0 Å². The molecule has 0 bridgehead atoms. The summed E-state index contributed by atoms with van der Waals surface area (Å²) in [7, 11) is 0. The van der Waals surface area contributed by atoms with Gasteiger partial charge in [0.15, 0.2) is 6.10 Å². The Hall–Kier alpha value is -1.60. The molecule has 1 saturated carbocycles. The largest absolute Gasteiger partial charge is 0.479 e. The molecule has 2 rings (SSSR count). The molecule has 1 aliphatic carbocycles. The first kappa shape index (κ1) is 13.8. The fourth-order valence-corrected chi connectivity index (χ4v) is 2.36. The molecule has 0 aliphatic heterocycles. The van der Waals surface area contributed by atoms with Crippen molar-refractivity contribution < 1.29 is 19.8 Å². The molecule has 0 aromatic carbocycles. The van der Waals surface area contributed by atoms with Gasteiger partial charge >= 0.3 is 12.0 Å². The van der Waals surface area contributed by atoms with Gasteiger partial charge in [-0.25, -0.2) is 9.59 Å². The Kier molecular flexibility index (Phi) is 4.39. The van der Waals surface area contributed by atoms with E-state index in [0.717, 1.165) is 18.4 Å². The quantitative estimate of drug-likeness (QED) is 0.723. The van der Waals surface area contributed by atoms with Crippen LogP contribution in [0.4, 0.5) is 4.79 Å². The smallest absolute Gasteiger partial charge is 0.334 e. The van der Waals surface area contributed by atoms with Gasteiger partial charge in [-0.15, -0.1) is 0 Å². The van der Waals surface area contributed by atoms with E-state index in [1.807, 2.05) is 16.8 Å². The van der Waals surface area contributed by atoms with Crippen LogP contribution in [0.1, 0.15) is 18.4 Å². The lowest BCUT2D eigenvalue weighted by Crippen LogP contribution is -2.45. The van der Waals surface area contributed by atoms with Crippen LogP contribution in [0.5, 0.6) is 0 Å². The normalized spacial score (nSPS) is 15.8. The fourth-order valence-electron chi connectivity index (χ4n) is 1.71. The predicted octanol–water partition coefficient (Wildman–Crippen LogP) is 0.868. The summed E-state index contributed by atoms with van der Waals surface area (Å²) in [5.41, 5.74) is 1.06. The van der Waals surface area contributed by atoms with Crippen LogP contribution in [0, 0.1) is 0 Å². The highest BCUT2D eigenvalue weighted by Crippen LogP contribution is 2.28. The average Bonchev–Trinajstić information content (AvgIpc) is 3.09. The monoisotopic (exact) mass is 284 g/mol. The molecule has 1 heterocycles. The number of nitrogens with zero attached hydrogens (tertiary/aromatic N) is 1. The Morgan fingerprint density at radius 1 is 1.53 bits per heavy atom. The minimum atomic E-state index is -1.56. The van der Waals surface area contributed by atoms with E-state index in [0.29, 0.717) is 6.54 Å². The summed E-state index contributed by atoms with van der Waals surface area (Å²) in [6.07, 6.45) is 0.379. The number of aliphatic carboxylic acids is 1. The maximum absolute atomic E-state index is 12.0. The zero-order valence-corrected chi connectivity index (χ0v) is 11.1. The fraction of sp³-hybridized carbons (Fsp3) is 0.500. The van der Waals surface area contributed by atoms with E-state index in [1.54, 1.807) is 16.2 Å². The van der Waals surface area contributed by atoms with E-state index >= 15 is 0 Å². The number of carbonyl (C=O) groups excluding carboxylic acids is 1. The summed E-state index contributed by atoms with van der Waals surface area (Å²) in [5.74, 6) is -1.34. The van der Waals surface area contributed by atoms with Crippen LogP contribution in [0.25, 0.3) is 0 Å². The first-order chi connectivity index (χ1) is 9.08. The van der Waals surface area contributed by atoms with Gasteiger partial charge in [-0.05, 0) is 35.2 Å². The maximum atomic E-state index is 12.0. The zero-order chi connectivity index (χ0) is 13.8. The number of carboxylic acids is 1. The predicted molar refractivity (Wildman–Crippen MR) is 69.9 cm³/mol. The Labute approximate surface area is 114 Å². The summed E-state index contributed by atoms with van der Waals surface area (Å²) in [6.45, 7) is 0.240. The molecular weight excluding hydrogens is 268 g/mol. The van der Waals surface area contributed by atoms with Crippen LogP contribution in [-0.4, -0.2) is 45.8 Å². The number of hydrogen-bond acceptors (Lipinski definition) is 4. The molecule has 1 unspecified atom stereocenters. The van der Waals surface area contributed by atoms with Crippen molar-refractivity contribution in [2.75, 3.05) is 6.54 Å². The molecule has 6 nitrogen and oxygen atoms in total. The van der Waals surface area contributed by atoms with Crippen LogP contribution in [0.3, 0.4) is 0 Å². The lowest BCUT2D eigenvalue weighted by atomic mass is 10.3. The number of aliphatic hydroxyl groups is 1. The number of amides is 2. The minimum Gasteiger partial charge on any atom is -0.479 e. The number of thiophene rings is 1. The van der Waals surface area contributed by atoms with Crippen LogP contribution in [-0.2, 0) is 11.3 Å². The molecule has 1 aliphatic rings. The van der Waals surface area contributed by atoms with Crippen molar-refractivity contribution in [3.05, 3.63) is 22.4 Å². The number of nitrogens with one attached hydrogen (secondary N) is 1. The lowest BCUT2D eigenvalue weighted by Gasteiger charge is -2.22. The third-order valence-electron chi connectivity index (χ3n) is 2.91. The van der Waals surface area contributed by atoms with Gasteiger partial charge in [-0.2, -0.15) is 11.3 Å². The molecule has 1 aromatic heterocycles. The molecule has 0 radical (unpaired) electrons. The highest BCUT2D eigenvalue weighted by atomic mass is 32.1.